The fourth-order valence-electron chi connectivity index (χ4n) is 7.93. The molecule has 1 aliphatic rings. The van der Waals surface area contributed by atoms with Crippen LogP contribution in [0.3, 0.4) is 0 Å². The summed E-state index contributed by atoms with van der Waals surface area (Å²) >= 11 is 0. The Balaban J connectivity index is 1.19. The standard InChI is InChI=1S/C43H29N3O/c1-43(2)33-17-9-6-14-29(33)30-24-25-35-37(39(30)43)31-15-7-10-18-34(31)46(35)28-22-20-26(21-23-28)40-38-32-16-8-11-19-36(32)47-42(38)45-41(44-40)27-12-4-3-5-13-27/h3-25H,1-2H3. The molecule has 0 unspecified atom stereocenters. The summed E-state index contributed by atoms with van der Waals surface area (Å²) in [7, 11) is 0. The highest BCUT2D eigenvalue weighted by Gasteiger charge is 2.38. The Morgan fingerprint density at radius 2 is 1.28 bits per heavy atom. The molecule has 0 amide bonds. The minimum Gasteiger partial charge on any atom is -0.438 e. The average molecular weight is 604 g/mol. The van der Waals surface area contributed by atoms with Gasteiger partial charge < -0.3 is 8.98 Å². The summed E-state index contributed by atoms with van der Waals surface area (Å²) in [5.41, 5.74) is 13.1. The van der Waals surface area contributed by atoms with Crippen LogP contribution in [0.1, 0.15) is 25.0 Å². The van der Waals surface area contributed by atoms with Gasteiger partial charge in [-0.1, -0.05) is 123 Å². The minimum absolute atomic E-state index is 0.105. The van der Waals surface area contributed by atoms with Gasteiger partial charge >= 0.3 is 0 Å². The first-order valence-corrected chi connectivity index (χ1v) is 16.1. The number of furan rings is 1. The van der Waals surface area contributed by atoms with Crippen molar-refractivity contribution in [2.75, 3.05) is 0 Å². The molecular weight excluding hydrogens is 574 g/mol. The predicted molar refractivity (Wildman–Crippen MR) is 192 cm³/mol. The minimum atomic E-state index is -0.105. The average Bonchev–Trinajstić information content (AvgIpc) is 3.74. The molecule has 3 aromatic heterocycles. The van der Waals surface area contributed by atoms with E-state index in [0.29, 0.717) is 11.5 Å². The molecule has 0 spiro atoms. The number of benzene rings is 6. The Bertz CT molecular complexity index is 2700. The van der Waals surface area contributed by atoms with E-state index in [2.05, 4.69) is 109 Å². The van der Waals surface area contributed by atoms with Crippen molar-refractivity contribution in [2.45, 2.75) is 19.3 Å². The molecule has 0 saturated heterocycles. The quantitative estimate of drug-likeness (QED) is 0.202. The van der Waals surface area contributed by atoms with E-state index in [9.17, 15) is 0 Å². The molecule has 0 radical (unpaired) electrons. The Morgan fingerprint density at radius 3 is 2.13 bits per heavy atom. The first-order chi connectivity index (χ1) is 23.1. The van der Waals surface area contributed by atoms with Gasteiger partial charge in [0.15, 0.2) is 5.82 Å². The van der Waals surface area contributed by atoms with Crippen LogP contribution in [0.4, 0.5) is 0 Å². The third kappa shape index (κ3) is 3.64. The van der Waals surface area contributed by atoms with E-state index in [4.69, 9.17) is 14.4 Å². The number of nitrogens with zero attached hydrogens (tertiary/aromatic N) is 3. The molecule has 4 nitrogen and oxygen atoms in total. The van der Waals surface area contributed by atoms with Gasteiger partial charge in [-0.15, -0.1) is 0 Å². The number of hydrogen-bond acceptors (Lipinski definition) is 3. The van der Waals surface area contributed by atoms with Crippen LogP contribution in [-0.4, -0.2) is 14.5 Å². The molecule has 0 aliphatic heterocycles. The number of para-hydroxylation sites is 2. The van der Waals surface area contributed by atoms with Gasteiger partial charge in [0, 0.05) is 38.4 Å². The van der Waals surface area contributed by atoms with Crippen LogP contribution in [-0.2, 0) is 5.41 Å². The molecule has 47 heavy (non-hydrogen) atoms. The molecule has 0 bridgehead atoms. The van der Waals surface area contributed by atoms with E-state index in [-0.39, 0.29) is 5.41 Å². The van der Waals surface area contributed by atoms with E-state index < -0.39 is 0 Å². The Labute approximate surface area is 271 Å². The van der Waals surface area contributed by atoms with E-state index in [1.165, 1.54) is 44.1 Å². The maximum Gasteiger partial charge on any atom is 0.231 e. The number of rotatable bonds is 3. The lowest BCUT2D eigenvalue weighted by atomic mass is 9.80. The SMILES string of the molecule is CC1(C)c2ccccc2-c2ccc3c(c21)c1ccccc1n3-c1ccc(-c2nc(-c3ccccc3)nc3oc4ccccc4c23)cc1. The van der Waals surface area contributed by atoms with E-state index in [1.54, 1.807) is 0 Å². The van der Waals surface area contributed by atoms with Crippen LogP contribution in [0.25, 0.3) is 83.3 Å². The van der Waals surface area contributed by atoms with Gasteiger partial charge in [-0.05, 0) is 52.6 Å². The van der Waals surface area contributed by atoms with Crippen LogP contribution in [0.2, 0.25) is 0 Å². The second-order valence-electron chi connectivity index (χ2n) is 13.0. The number of fused-ring (bicyclic) bond motifs is 10. The summed E-state index contributed by atoms with van der Waals surface area (Å²) in [6.45, 7) is 4.73. The van der Waals surface area contributed by atoms with E-state index in [1.807, 2.05) is 48.5 Å². The summed E-state index contributed by atoms with van der Waals surface area (Å²) in [6.07, 6.45) is 0. The van der Waals surface area contributed by atoms with Crippen molar-refractivity contribution in [3.8, 4) is 39.5 Å². The smallest absolute Gasteiger partial charge is 0.231 e. The molecule has 1 aliphatic carbocycles. The molecule has 0 N–H and O–H groups in total. The van der Waals surface area contributed by atoms with Gasteiger partial charge in [-0.25, -0.2) is 4.98 Å². The van der Waals surface area contributed by atoms with Crippen LogP contribution in [0.15, 0.2) is 144 Å². The third-order valence-electron chi connectivity index (χ3n) is 10.0. The second kappa shape index (κ2) is 9.51. The Hall–Kier alpha value is -6.00. The molecule has 0 atom stereocenters. The first-order valence-electron chi connectivity index (χ1n) is 16.1. The lowest BCUT2D eigenvalue weighted by Gasteiger charge is -2.22. The Kier molecular flexibility index (Phi) is 5.31. The second-order valence-corrected chi connectivity index (χ2v) is 13.0. The predicted octanol–water partition coefficient (Wildman–Crippen LogP) is 11.1. The number of aromatic nitrogens is 3. The molecule has 0 fully saturated rings. The third-order valence-corrected chi connectivity index (χ3v) is 10.0. The van der Waals surface area contributed by atoms with E-state index >= 15 is 0 Å². The molecule has 4 heteroatoms. The van der Waals surface area contributed by atoms with Crippen molar-refractivity contribution in [3.05, 3.63) is 151 Å². The van der Waals surface area contributed by atoms with Crippen molar-refractivity contribution in [2.24, 2.45) is 0 Å². The molecule has 222 valence electrons. The lowest BCUT2D eigenvalue weighted by Crippen LogP contribution is -2.15. The van der Waals surface area contributed by atoms with Crippen molar-refractivity contribution < 1.29 is 4.42 Å². The zero-order valence-electron chi connectivity index (χ0n) is 26.0. The van der Waals surface area contributed by atoms with Crippen LogP contribution in [0.5, 0.6) is 0 Å². The Morgan fingerprint density at radius 1 is 0.553 bits per heavy atom. The van der Waals surface area contributed by atoms with Crippen molar-refractivity contribution in [1.29, 1.82) is 0 Å². The maximum atomic E-state index is 6.28. The molecule has 10 rings (SSSR count). The summed E-state index contributed by atoms with van der Waals surface area (Å²) in [5.74, 6) is 0.649. The fraction of sp³-hybridized carbons (Fsp3) is 0.0698. The topological polar surface area (TPSA) is 43.9 Å². The summed E-state index contributed by atoms with van der Waals surface area (Å²) in [4.78, 5) is 10.0. The van der Waals surface area contributed by atoms with Gasteiger partial charge in [0.1, 0.15) is 5.58 Å². The van der Waals surface area contributed by atoms with Crippen LogP contribution in [0, 0.1) is 0 Å². The lowest BCUT2D eigenvalue weighted by molar-refractivity contribution is 0.653. The van der Waals surface area contributed by atoms with Gasteiger partial charge in [0.25, 0.3) is 0 Å². The van der Waals surface area contributed by atoms with Crippen LogP contribution >= 0.6 is 0 Å². The van der Waals surface area contributed by atoms with Gasteiger partial charge in [-0.2, -0.15) is 4.98 Å². The van der Waals surface area contributed by atoms with Gasteiger partial charge in [-0.3, -0.25) is 0 Å². The molecule has 3 heterocycles. The fourth-order valence-corrected chi connectivity index (χ4v) is 7.93. The maximum absolute atomic E-state index is 6.28. The highest BCUT2D eigenvalue weighted by Crippen LogP contribution is 2.53. The highest BCUT2D eigenvalue weighted by molar-refractivity contribution is 6.14. The summed E-state index contributed by atoms with van der Waals surface area (Å²) < 4.78 is 8.69. The zero-order chi connectivity index (χ0) is 31.3. The van der Waals surface area contributed by atoms with Crippen molar-refractivity contribution in [3.63, 3.8) is 0 Å². The molecule has 6 aromatic carbocycles. The van der Waals surface area contributed by atoms with Gasteiger partial charge in [0.2, 0.25) is 5.71 Å². The molecule has 9 aromatic rings. The summed E-state index contributed by atoms with van der Waals surface area (Å²) in [5, 5.41) is 4.56. The van der Waals surface area contributed by atoms with Crippen LogP contribution < -0.4 is 0 Å². The largest absolute Gasteiger partial charge is 0.438 e. The van der Waals surface area contributed by atoms with Gasteiger partial charge in [0.05, 0.1) is 22.1 Å². The normalized spacial score (nSPS) is 13.5. The molecule has 0 saturated carbocycles. The summed E-state index contributed by atoms with van der Waals surface area (Å²) in [6, 6.07) is 49.3. The number of hydrogen-bond donors (Lipinski definition) is 0. The first kappa shape index (κ1) is 26.2. The van der Waals surface area contributed by atoms with E-state index in [0.717, 1.165) is 38.9 Å². The van der Waals surface area contributed by atoms with Crippen molar-refractivity contribution in [1.82, 2.24) is 14.5 Å². The zero-order valence-corrected chi connectivity index (χ0v) is 26.0. The molecular formula is C43H29N3O. The monoisotopic (exact) mass is 603 g/mol. The highest BCUT2D eigenvalue weighted by atomic mass is 16.3. The van der Waals surface area contributed by atoms with Crippen molar-refractivity contribution >= 4 is 43.9 Å².